The normalized spacial score (nSPS) is 27.1. The zero-order valence-electron chi connectivity index (χ0n) is 12.2. The monoisotopic (exact) mass is 291 g/mol. The number of ether oxygens (including phenoxy) is 1. The lowest BCUT2D eigenvalue weighted by Gasteiger charge is -2.54. The van der Waals surface area contributed by atoms with Gasteiger partial charge >= 0.3 is 5.69 Å². The lowest BCUT2D eigenvalue weighted by Crippen LogP contribution is -2.60. The predicted octanol–water partition coefficient (Wildman–Crippen LogP) is 3.37. The van der Waals surface area contributed by atoms with Crippen molar-refractivity contribution >= 4 is 5.69 Å². The average molecular weight is 291 g/mol. The maximum atomic E-state index is 11.1. The number of aliphatic hydroxyl groups excluding tert-OH is 1. The minimum absolute atomic E-state index is 0.00736. The summed E-state index contributed by atoms with van der Waals surface area (Å²) in [6.45, 7) is 1.89. The van der Waals surface area contributed by atoms with Gasteiger partial charge in [-0.15, -0.1) is 0 Å². The third kappa shape index (κ3) is 2.39. The van der Waals surface area contributed by atoms with Gasteiger partial charge in [-0.2, -0.15) is 0 Å². The van der Waals surface area contributed by atoms with Crippen LogP contribution in [0.15, 0.2) is 18.2 Å². The number of nitrogens with zero attached hydrogens (tertiary/aromatic N) is 1. The molecule has 1 aromatic carbocycles. The standard InChI is InChI=1S/C16H21NO4/c1-11-5-6-12(17(19)20)13(9-11)21-15-10-14(18)16(15)7-3-2-4-8-16/h5-6,9,14-15,18H,2-4,7-8,10H2,1H3. The number of benzene rings is 1. The highest BCUT2D eigenvalue weighted by molar-refractivity contribution is 5.48. The zero-order chi connectivity index (χ0) is 15.0. The van der Waals surface area contributed by atoms with Gasteiger partial charge < -0.3 is 9.84 Å². The molecule has 3 rings (SSSR count). The van der Waals surface area contributed by atoms with Crippen LogP contribution < -0.4 is 4.74 Å². The number of aryl methyl sites for hydroxylation is 1. The molecule has 0 aromatic heterocycles. The first-order valence-electron chi connectivity index (χ1n) is 7.63. The molecule has 2 aliphatic rings. The van der Waals surface area contributed by atoms with E-state index >= 15 is 0 Å². The van der Waals surface area contributed by atoms with E-state index in [1.165, 1.54) is 12.5 Å². The maximum absolute atomic E-state index is 11.1. The van der Waals surface area contributed by atoms with Gasteiger partial charge in [-0.25, -0.2) is 0 Å². The number of hydrogen-bond acceptors (Lipinski definition) is 4. The van der Waals surface area contributed by atoms with E-state index in [0.29, 0.717) is 12.2 Å². The molecule has 0 aliphatic heterocycles. The van der Waals surface area contributed by atoms with Crippen LogP contribution in [-0.2, 0) is 0 Å². The molecule has 1 aromatic rings. The fourth-order valence-electron chi connectivity index (χ4n) is 3.78. The van der Waals surface area contributed by atoms with Crippen molar-refractivity contribution in [3.05, 3.63) is 33.9 Å². The smallest absolute Gasteiger partial charge is 0.310 e. The van der Waals surface area contributed by atoms with Crippen LogP contribution in [0.25, 0.3) is 0 Å². The maximum Gasteiger partial charge on any atom is 0.310 e. The molecule has 1 N–H and O–H groups in total. The molecule has 2 fully saturated rings. The number of hydrogen-bond donors (Lipinski definition) is 1. The largest absolute Gasteiger partial charge is 0.483 e. The Hall–Kier alpha value is -1.62. The zero-order valence-corrected chi connectivity index (χ0v) is 12.2. The Morgan fingerprint density at radius 1 is 1.33 bits per heavy atom. The molecule has 21 heavy (non-hydrogen) atoms. The van der Waals surface area contributed by atoms with E-state index < -0.39 is 4.92 Å². The van der Waals surface area contributed by atoms with Crippen molar-refractivity contribution in [2.75, 3.05) is 0 Å². The van der Waals surface area contributed by atoms with Gasteiger partial charge in [0.15, 0.2) is 5.75 Å². The highest BCUT2D eigenvalue weighted by Crippen LogP contribution is 2.53. The Bertz CT molecular complexity index is 551. The summed E-state index contributed by atoms with van der Waals surface area (Å²) in [6.07, 6.45) is 5.47. The fourth-order valence-corrected chi connectivity index (χ4v) is 3.78. The van der Waals surface area contributed by atoms with Crippen molar-refractivity contribution in [1.29, 1.82) is 0 Å². The van der Waals surface area contributed by atoms with Gasteiger partial charge in [0.1, 0.15) is 6.10 Å². The van der Waals surface area contributed by atoms with Gasteiger partial charge in [-0.1, -0.05) is 25.3 Å². The molecule has 0 heterocycles. The third-order valence-electron chi connectivity index (χ3n) is 5.11. The van der Waals surface area contributed by atoms with Crippen molar-refractivity contribution < 1.29 is 14.8 Å². The van der Waals surface area contributed by atoms with Crippen LogP contribution in [0.1, 0.15) is 44.1 Å². The summed E-state index contributed by atoms with van der Waals surface area (Å²) in [5.74, 6) is 0.335. The molecular formula is C16H21NO4. The van der Waals surface area contributed by atoms with Crippen LogP contribution in [-0.4, -0.2) is 22.2 Å². The lowest BCUT2D eigenvalue weighted by atomic mass is 9.56. The topological polar surface area (TPSA) is 72.6 Å². The molecule has 1 spiro atoms. The van der Waals surface area contributed by atoms with E-state index in [2.05, 4.69) is 0 Å². The van der Waals surface area contributed by atoms with Crippen LogP contribution in [0.5, 0.6) is 5.75 Å². The highest BCUT2D eigenvalue weighted by Gasteiger charge is 2.56. The molecule has 2 atom stereocenters. The van der Waals surface area contributed by atoms with Gasteiger partial charge in [0, 0.05) is 17.9 Å². The Morgan fingerprint density at radius 3 is 2.67 bits per heavy atom. The van der Waals surface area contributed by atoms with Gasteiger partial charge in [-0.3, -0.25) is 10.1 Å². The van der Waals surface area contributed by atoms with Crippen LogP contribution in [0, 0.1) is 22.5 Å². The first-order valence-corrected chi connectivity index (χ1v) is 7.63. The summed E-state index contributed by atoms with van der Waals surface area (Å²) < 4.78 is 5.99. The minimum Gasteiger partial charge on any atom is -0.483 e. The van der Waals surface area contributed by atoms with Crippen molar-refractivity contribution in [3.8, 4) is 5.75 Å². The van der Waals surface area contributed by atoms with Crippen molar-refractivity contribution in [2.45, 2.75) is 57.7 Å². The van der Waals surface area contributed by atoms with Crippen LogP contribution in [0.4, 0.5) is 5.69 Å². The Morgan fingerprint density at radius 2 is 2.05 bits per heavy atom. The van der Waals surface area contributed by atoms with Crippen molar-refractivity contribution in [3.63, 3.8) is 0 Å². The molecule has 0 radical (unpaired) electrons. The molecule has 2 saturated carbocycles. The average Bonchev–Trinajstić information content (AvgIpc) is 2.47. The summed E-state index contributed by atoms with van der Waals surface area (Å²) >= 11 is 0. The minimum atomic E-state index is -0.405. The summed E-state index contributed by atoms with van der Waals surface area (Å²) in [6, 6.07) is 4.93. The first kappa shape index (κ1) is 14.3. The molecule has 0 bridgehead atoms. The first-order chi connectivity index (χ1) is 10.0. The Balaban J connectivity index is 1.84. The quantitative estimate of drug-likeness (QED) is 0.684. The Labute approximate surface area is 124 Å². The number of nitro benzene ring substituents is 1. The molecule has 5 nitrogen and oxygen atoms in total. The molecule has 2 aliphatic carbocycles. The predicted molar refractivity (Wildman–Crippen MR) is 78.4 cm³/mol. The number of nitro groups is 1. The van der Waals surface area contributed by atoms with Crippen LogP contribution >= 0.6 is 0 Å². The third-order valence-corrected chi connectivity index (χ3v) is 5.11. The number of aliphatic hydroxyl groups is 1. The summed E-state index contributed by atoms with van der Waals surface area (Å²) in [4.78, 5) is 10.7. The van der Waals surface area contributed by atoms with E-state index in [1.54, 1.807) is 12.1 Å². The highest BCUT2D eigenvalue weighted by atomic mass is 16.6. The molecule has 0 amide bonds. The molecule has 0 saturated heterocycles. The van der Waals surface area contributed by atoms with Gasteiger partial charge in [0.2, 0.25) is 0 Å². The summed E-state index contributed by atoms with van der Waals surface area (Å²) in [5.41, 5.74) is 0.761. The Kier molecular flexibility index (Phi) is 3.61. The molecule has 114 valence electrons. The summed E-state index contributed by atoms with van der Waals surface area (Å²) in [7, 11) is 0. The van der Waals surface area contributed by atoms with Crippen LogP contribution in [0.2, 0.25) is 0 Å². The molecule has 5 heteroatoms. The van der Waals surface area contributed by atoms with Gasteiger partial charge in [-0.05, 0) is 31.4 Å². The second-order valence-corrected chi connectivity index (χ2v) is 6.38. The molecule has 2 unspecified atom stereocenters. The van der Waals surface area contributed by atoms with E-state index in [4.69, 9.17) is 4.74 Å². The van der Waals surface area contributed by atoms with E-state index in [9.17, 15) is 15.2 Å². The molecular weight excluding hydrogens is 270 g/mol. The van der Waals surface area contributed by atoms with Crippen LogP contribution in [0.3, 0.4) is 0 Å². The van der Waals surface area contributed by atoms with Gasteiger partial charge in [0.05, 0.1) is 11.0 Å². The lowest BCUT2D eigenvalue weighted by molar-refractivity contribution is -0.386. The number of rotatable bonds is 3. The van der Waals surface area contributed by atoms with E-state index in [-0.39, 0.29) is 23.3 Å². The fraction of sp³-hybridized carbons (Fsp3) is 0.625. The van der Waals surface area contributed by atoms with Crippen molar-refractivity contribution in [2.24, 2.45) is 5.41 Å². The van der Waals surface area contributed by atoms with Gasteiger partial charge in [0.25, 0.3) is 0 Å². The summed E-state index contributed by atoms with van der Waals surface area (Å²) in [5, 5.41) is 21.3. The van der Waals surface area contributed by atoms with E-state index in [1.807, 2.05) is 6.92 Å². The van der Waals surface area contributed by atoms with E-state index in [0.717, 1.165) is 31.2 Å². The second kappa shape index (κ2) is 5.30. The SMILES string of the molecule is Cc1ccc([N+](=O)[O-])c(OC2CC(O)C23CCCCC3)c1. The second-order valence-electron chi connectivity index (χ2n) is 6.38. The van der Waals surface area contributed by atoms with Crippen molar-refractivity contribution in [1.82, 2.24) is 0 Å².